The molecule has 6 fully saturated rings. The molecule has 8 heterocycles. The summed E-state index contributed by atoms with van der Waals surface area (Å²) in [6, 6.07) is 25.8. The summed E-state index contributed by atoms with van der Waals surface area (Å²) < 4.78 is 98.7. The van der Waals surface area contributed by atoms with Gasteiger partial charge in [-0.2, -0.15) is 13.0 Å². The van der Waals surface area contributed by atoms with E-state index in [1.54, 1.807) is 24.3 Å². The third-order valence-electron chi connectivity index (χ3n) is 23.8. The molecule has 5 amide bonds. The molecule has 0 aliphatic carbocycles. The van der Waals surface area contributed by atoms with Gasteiger partial charge in [0.25, 0.3) is 21.9 Å². The van der Waals surface area contributed by atoms with Crippen molar-refractivity contribution in [3.8, 4) is 0 Å². The number of carbonyl (C=O) groups excluding carboxylic acids is 6. The molecule has 8 aliphatic rings. The quantitative estimate of drug-likeness (QED) is 0.0151. The molecule has 8 aliphatic heterocycles. The number of nitrogens with zero attached hydrogens (tertiary/aromatic N) is 8. The minimum absolute atomic E-state index is 0.0110. The van der Waals surface area contributed by atoms with Gasteiger partial charge < -0.3 is 50.2 Å². The Balaban J connectivity index is 0.692. The van der Waals surface area contributed by atoms with Crippen LogP contribution in [0.25, 0.3) is 0 Å². The molecule has 0 unspecified atom stereocenters. The van der Waals surface area contributed by atoms with E-state index in [2.05, 4.69) is 53.8 Å². The van der Waals surface area contributed by atoms with Crippen molar-refractivity contribution in [2.24, 2.45) is 11.5 Å². The fourth-order valence-corrected chi connectivity index (χ4v) is 19.7. The van der Waals surface area contributed by atoms with Crippen LogP contribution in [0.4, 0.5) is 17.1 Å². The van der Waals surface area contributed by atoms with Crippen molar-refractivity contribution in [1.29, 1.82) is 0 Å². The minimum Gasteiger partial charge on any atom is -0.365 e. The largest absolute Gasteiger partial charge is 0.365 e. The Morgan fingerprint density at radius 2 is 1.06 bits per heavy atom. The highest BCUT2D eigenvalue weighted by molar-refractivity contribution is 7.89. The molecule has 6 saturated heterocycles. The van der Waals surface area contributed by atoms with Crippen molar-refractivity contribution in [2.75, 3.05) is 174 Å². The first kappa shape index (κ1) is 82.6. The van der Waals surface area contributed by atoms with Gasteiger partial charge in [-0.3, -0.25) is 33.3 Å². The number of allylic oxidation sites excluding steroid dienone is 6. The van der Waals surface area contributed by atoms with Gasteiger partial charge in [0, 0.05) is 112 Å². The lowest BCUT2D eigenvalue weighted by Crippen LogP contribution is -2.76. The summed E-state index contributed by atoms with van der Waals surface area (Å²) in [7, 11) is -9.43. The Kier molecular flexibility index (Phi) is 26.2. The number of primary amides is 2. The number of Topliss-reactive ketones (excluding diaryl/α,β-unsaturated/α-hetero) is 1. The van der Waals surface area contributed by atoms with Crippen LogP contribution in [0.5, 0.6) is 0 Å². The predicted molar refractivity (Wildman–Crippen MR) is 417 cm³/mol. The van der Waals surface area contributed by atoms with Gasteiger partial charge in [-0.15, -0.1) is 0 Å². The van der Waals surface area contributed by atoms with E-state index >= 15 is 0 Å². The number of piperazine rings is 6. The fraction of sp³-hybridized carbons (Fsp3) is 0.532. The summed E-state index contributed by atoms with van der Waals surface area (Å²) in [4.78, 5) is 77.5. The van der Waals surface area contributed by atoms with Crippen molar-refractivity contribution in [3.05, 3.63) is 149 Å². The van der Waals surface area contributed by atoms with Crippen LogP contribution in [0.2, 0.25) is 0 Å². The van der Waals surface area contributed by atoms with Gasteiger partial charge in [-0.1, -0.05) is 81.8 Å². The topological polar surface area (TPSA) is 326 Å². The molecule has 4 aromatic rings. The van der Waals surface area contributed by atoms with Crippen molar-refractivity contribution in [1.82, 2.24) is 19.2 Å². The molecule has 0 spiro atoms. The van der Waals surface area contributed by atoms with E-state index in [0.717, 1.165) is 169 Å². The number of quaternary nitrogens is 4. The highest BCUT2D eigenvalue weighted by Crippen LogP contribution is 2.49. The van der Waals surface area contributed by atoms with E-state index in [9.17, 15) is 58.6 Å². The second kappa shape index (κ2) is 34.2. The van der Waals surface area contributed by atoms with Gasteiger partial charge in [0.05, 0.1) is 47.1 Å². The van der Waals surface area contributed by atoms with E-state index in [0.29, 0.717) is 36.6 Å². The zero-order chi connectivity index (χ0) is 78.1. The van der Waals surface area contributed by atoms with E-state index in [1.807, 2.05) is 91.3 Å². The number of sulfonamides is 2. The molecule has 4 aromatic carbocycles. The van der Waals surface area contributed by atoms with Crippen LogP contribution in [-0.2, 0) is 89.0 Å². The first-order valence-electron chi connectivity index (χ1n) is 38.1. The number of fused-ring (bicyclic) bond motifs is 8. The number of rotatable bonds is 39. The third kappa shape index (κ3) is 20.0. The van der Waals surface area contributed by atoms with Crippen molar-refractivity contribution in [2.45, 2.75) is 119 Å². The zero-order valence-electron chi connectivity index (χ0n) is 64.1. The third-order valence-corrected chi connectivity index (χ3v) is 28.3. The maximum absolute atomic E-state index is 14.2. The number of hydrogen-bond donors (Lipinski definition) is 6. The van der Waals surface area contributed by atoms with Gasteiger partial charge in [-0.25, -0.2) is 25.4 Å². The van der Waals surface area contributed by atoms with Crippen molar-refractivity contribution in [3.63, 3.8) is 0 Å². The average Bonchev–Trinajstić information content (AvgIpc) is 1.59. The number of anilines is 2. The summed E-state index contributed by atoms with van der Waals surface area (Å²) in [5.74, 6) is -2.24. The maximum atomic E-state index is 14.2. The number of nitrogens with one attached hydrogen (secondary N) is 3. The lowest BCUT2D eigenvalue weighted by atomic mass is 9.81. The van der Waals surface area contributed by atoms with Crippen molar-refractivity contribution >= 4 is 88.3 Å². The van der Waals surface area contributed by atoms with E-state index in [1.165, 1.54) is 34.3 Å². The van der Waals surface area contributed by atoms with Gasteiger partial charge in [0.2, 0.25) is 43.5 Å². The van der Waals surface area contributed by atoms with Crippen LogP contribution in [0.15, 0.2) is 131 Å². The van der Waals surface area contributed by atoms with Gasteiger partial charge in [0.15, 0.2) is 24.6 Å². The average molecular weight is 1550 g/mol. The van der Waals surface area contributed by atoms with Gasteiger partial charge in [-0.05, 0) is 104 Å². The molecule has 26 nitrogen and oxygen atoms in total. The summed E-state index contributed by atoms with van der Waals surface area (Å²) in [6.45, 7) is 25.7. The first-order chi connectivity index (χ1) is 51.0. The molecule has 0 saturated carbocycles. The smallest absolute Gasteiger partial charge is 0.272 e. The maximum Gasteiger partial charge on any atom is 0.272 e. The number of unbranched alkanes of at least 4 members (excludes halogenated alkanes) is 1. The molecule has 12 rings (SSSR count). The van der Waals surface area contributed by atoms with Crippen LogP contribution in [0, 0.1) is 0 Å². The molecular weight excluding hydrogens is 1440 g/mol. The van der Waals surface area contributed by atoms with Crippen LogP contribution >= 0.6 is 0 Å². The monoisotopic (exact) mass is 1550 g/mol. The number of amides is 5. The second-order valence-electron chi connectivity index (χ2n) is 32.0. The molecule has 0 aromatic heterocycles. The summed E-state index contributed by atoms with van der Waals surface area (Å²) in [6.07, 6.45) is 13.8. The zero-order valence-corrected chi connectivity index (χ0v) is 66.6. The number of ketones is 1. The normalized spacial score (nSPS) is 22.5. The van der Waals surface area contributed by atoms with Crippen LogP contribution in [0.3, 0.4) is 0 Å². The van der Waals surface area contributed by atoms with Gasteiger partial charge >= 0.3 is 0 Å². The SMILES string of the molecule is CCCCN1C(=CC=CC=CC2=[N+](CCCS(=O)(=O)O)c3ccc(S(=O)(=O)N(C)CCCC(=O)NCC(=O)Nc4ccc(CC[N+]56CC[N+](CC(N)=O)(CC5)CC6)cc4)cc3C2(C)C)C(C)(C)c2cc(S(=O)(=O)N(C)CCCC(=O)NCC(=O)Cc3ccc(CC[N+]45CC[N+](CC(N)=O)(CC4)CC5)cc3)ccc21. The van der Waals surface area contributed by atoms with E-state index < -0.39 is 58.6 Å². The fourth-order valence-electron chi connectivity index (χ4n) is 16.8. The highest BCUT2D eigenvalue weighted by Gasteiger charge is 2.51. The number of hydrogen-bond acceptors (Lipinski definition) is 13. The molecule has 108 heavy (non-hydrogen) atoms. The lowest BCUT2D eigenvalue weighted by Gasteiger charge is -2.55. The minimum atomic E-state index is -4.30. The number of nitrogens with two attached hydrogens (primary N) is 2. The van der Waals surface area contributed by atoms with Gasteiger partial charge in [0.1, 0.15) is 85.1 Å². The van der Waals surface area contributed by atoms with E-state index in [-0.39, 0.29) is 105 Å². The summed E-state index contributed by atoms with van der Waals surface area (Å²) in [5.41, 5.74) is 18.3. The lowest BCUT2D eigenvalue weighted by molar-refractivity contribution is -1.08. The van der Waals surface area contributed by atoms with E-state index in [4.69, 9.17) is 11.5 Å². The highest BCUT2D eigenvalue weighted by atomic mass is 32.2. The van der Waals surface area contributed by atoms with Crippen LogP contribution < -0.4 is 32.3 Å². The Morgan fingerprint density at radius 3 is 1.56 bits per heavy atom. The predicted octanol–water partition coefficient (Wildman–Crippen LogP) is 4.80. The number of benzene rings is 4. The molecule has 586 valence electrons. The standard InChI is InChI=1S/C79H109N13O13S3/c1-8-9-36-87-69-30-28-65(107(102,103)85(6)34-13-18-75(96)82-56-64(93)53-62-22-20-60(21-23-62)32-38-89-40-46-91(47-41-89,48-42-89)58-73(80)94)54-67(69)78(2,3)71(87)16-11-10-12-17-72-79(4,5)68-55-66(29-31-70(68)88(72)37-15-52-106(99,100)101)108(104,105)86(7)35-14-19-76(97)83-57-77(98)84-63-26-24-61(25-27-63)33-39-90-43-49-92(50-44-90,51-45-90)59-74(81)95/h10-12,16-17,20-31,54-55H,8-9,13-15,18-19,32-53,56-59H2,1-7H3,(H3-5,80,81,82,83,84,94,95,96,97,98,99,100,101)/p+5. The summed E-state index contributed by atoms with van der Waals surface area (Å²) in [5, 5.41) is 8.19. The molecular formula is C79H114N13O13S3+5. The molecule has 8 N–H and O–H groups in total. The second-order valence-corrected chi connectivity index (χ2v) is 37.7. The Labute approximate surface area is 638 Å². The molecule has 4 bridgehead atoms. The molecule has 0 atom stereocenters. The van der Waals surface area contributed by atoms with Crippen LogP contribution in [-0.4, -0.2) is 266 Å². The molecule has 29 heteroatoms. The Hall–Kier alpha value is -7.84. The Morgan fingerprint density at radius 1 is 0.574 bits per heavy atom. The number of carbonyl (C=O) groups is 6. The molecule has 0 radical (unpaired) electrons. The van der Waals surface area contributed by atoms with Crippen LogP contribution in [0.1, 0.15) is 107 Å². The first-order valence-corrected chi connectivity index (χ1v) is 42.6. The summed E-state index contributed by atoms with van der Waals surface area (Å²) >= 11 is 0. The van der Waals surface area contributed by atoms with Crippen molar-refractivity contribution < 1.29 is 81.1 Å². The Bertz CT molecular complexity index is 4470.